The summed E-state index contributed by atoms with van der Waals surface area (Å²) in [5.74, 6) is -0.691. The third kappa shape index (κ3) is 3.92. The van der Waals surface area contributed by atoms with Crippen LogP contribution in [0, 0.1) is 6.92 Å². The molecule has 0 bridgehead atoms. The van der Waals surface area contributed by atoms with E-state index in [1.807, 2.05) is 6.92 Å². The van der Waals surface area contributed by atoms with Crippen LogP contribution in [0.15, 0.2) is 41.5 Å². The second-order valence-electron chi connectivity index (χ2n) is 3.19. The summed E-state index contributed by atoms with van der Waals surface area (Å²) in [5, 5.41) is 0. The fraction of sp³-hybridized carbons (Fsp3) is 0.182. The first-order valence-corrected chi connectivity index (χ1v) is 6.11. The van der Waals surface area contributed by atoms with Crippen molar-refractivity contribution in [1.82, 2.24) is 0 Å². The van der Waals surface area contributed by atoms with E-state index < -0.39 is 16.1 Å². The lowest BCUT2D eigenvalue weighted by Gasteiger charge is -2.02. The minimum atomic E-state index is -3.88. The summed E-state index contributed by atoms with van der Waals surface area (Å²) in [7, 11) is -2.69. The number of rotatable bonds is 4. The maximum absolute atomic E-state index is 11.6. The van der Waals surface area contributed by atoms with Gasteiger partial charge in [0.05, 0.1) is 13.2 Å². The smallest absolute Gasteiger partial charge is 0.338 e. The number of carbonyl (C=O) groups excluding carboxylic acids is 1. The molecule has 0 atom stereocenters. The van der Waals surface area contributed by atoms with Crippen LogP contribution in [0.4, 0.5) is 0 Å². The molecule has 0 saturated heterocycles. The highest BCUT2D eigenvalue weighted by Gasteiger charge is 2.13. The predicted octanol–water partition coefficient (Wildman–Crippen LogP) is 1.39. The molecule has 0 aliphatic rings. The van der Waals surface area contributed by atoms with Gasteiger partial charge in [-0.2, -0.15) is 8.42 Å². The summed E-state index contributed by atoms with van der Waals surface area (Å²) >= 11 is 0. The quantitative estimate of drug-likeness (QED) is 0.352. The molecule has 0 amide bonds. The minimum absolute atomic E-state index is 0.0256. The monoisotopic (exact) mass is 256 g/mol. The van der Waals surface area contributed by atoms with E-state index in [9.17, 15) is 13.2 Å². The molecule has 6 heteroatoms. The van der Waals surface area contributed by atoms with Crippen molar-refractivity contribution in [3.05, 3.63) is 42.2 Å². The van der Waals surface area contributed by atoms with Crippen LogP contribution in [0.1, 0.15) is 5.56 Å². The SMILES string of the molecule is COC(=O)C=COS(=O)(=O)c1ccc(C)cc1. The van der Waals surface area contributed by atoms with E-state index in [0.717, 1.165) is 17.9 Å². The van der Waals surface area contributed by atoms with E-state index in [-0.39, 0.29) is 4.90 Å². The Morgan fingerprint density at radius 2 is 1.82 bits per heavy atom. The number of hydrogen-bond acceptors (Lipinski definition) is 5. The van der Waals surface area contributed by atoms with Gasteiger partial charge in [-0.1, -0.05) is 17.7 Å². The molecule has 1 aromatic carbocycles. The van der Waals surface area contributed by atoms with Gasteiger partial charge in [0.2, 0.25) is 0 Å². The zero-order valence-electron chi connectivity index (χ0n) is 9.41. The summed E-state index contributed by atoms with van der Waals surface area (Å²) < 4.78 is 32.0. The molecule has 0 spiro atoms. The van der Waals surface area contributed by atoms with Crippen molar-refractivity contribution in [2.75, 3.05) is 7.11 Å². The summed E-state index contributed by atoms with van der Waals surface area (Å²) in [4.78, 5) is 10.7. The molecular formula is C11H12O5S. The van der Waals surface area contributed by atoms with E-state index >= 15 is 0 Å². The molecule has 1 aromatic rings. The lowest BCUT2D eigenvalue weighted by molar-refractivity contribution is -0.134. The number of ether oxygens (including phenoxy) is 1. The van der Waals surface area contributed by atoms with Crippen molar-refractivity contribution in [2.45, 2.75) is 11.8 Å². The molecule has 1 rings (SSSR count). The third-order valence-corrected chi connectivity index (χ3v) is 3.11. The Labute approximate surface area is 99.8 Å². The molecule has 92 valence electrons. The lowest BCUT2D eigenvalue weighted by Crippen LogP contribution is -2.03. The second-order valence-corrected chi connectivity index (χ2v) is 4.76. The molecule has 0 radical (unpaired) electrons. The number of aryl methyl sites for hydroxylation is 1. The minimum Gasteiger partial charge on any atom is -0.466 e. The molecule has 0 heterocycles. The van der Waals surface area contributed by atoms with Crippen LogP contribution in [-0.2, 0) is 23.8 Å². The summed E-state index contributed by atoms with van der Waals surface area (Å²) in [6, 6.07) is 6.16. The Hall–Kier alpha value is -1.82. The first kappa shape index (κ1) is 13.2. The number of carbonyl (C=O) groups is 1. The molecule has 0 aliphatic heterocycles. The van der Waals surface area contributed by atoms with Crippen LogP contribution in [0.5, 0.6) is 0 Å². The fourth-order valence-corrected chi connectivity index (χ4v) is 1.77. The van der Waals surface area contributed by atoms with Gasteiger partial charge in [-0.05, 0) is 19.1 Å². The van der Waals surface area contributed by atoms with Crippen LogP contribution in [-0.4, -0.2) is 21.5 Å². The zero-order chi connectivity index (χ0) is 12.9. The molecule has 0 unspecified atom stereocenters. The van der Waals surface area contributed by atoms with E-state index in [1.54, 1.807) is 12.1 Å². The van der Waals surface area contributed by atoms with Gasteiger partial charge in [-0.15, -0.1) is 0 Å². The van der Waals surface area contributed by atoms with Crippen molar-refractivity contribution in [1.29, 1.82) is 0 Å². The number of hydrogen-bond donors (Lipinski definition) is 0. The molecule has 0 fully saturated rings. The Balaban J connectivity index is 2.79. The summed E-state index contributed by atoms with van der Waals surface area (Å²) in [5.41, 5.74) is 0.939. The van der Waals surface area contributed by atoms with Crippen LogP contribution >= 0.6 is 0 Å². The highest BCUT2D eigenvalue weighted by Crippen LogP contribution is 2.13. The predicted molar refractivity (Wildman–Crippen MR) is 60.6 cm³/mol. The topological polar surface area (TPSA) is 69.7 Å². The van der Waals surface area contributed by atoms with E-state index in [1.165, 1.54) is 19.2 Å². The van der Waals surface area contributed by atoms with E-state index in [2.05, 4.69) is 8.92 Å². The van der Waals surface area contributed by atoms with Crippen molar-refractivity contribution < 1.29 is 22.1 Å². The van der Waals surface area contributed by atoms with Crippen molar-refractivity contribution in [3.8, 4) is 0 Å². The van der Waals surface area contributed by atoms with Gasteiger partial charge < -0.3 is 8.92 Å². The molecule has 17 heavy (non-hydrogen) atoms. The van der Waals surface area contributed by atoms with Gasteiger partial charge in [-0.25, -0.2) is 4.79 Å². The average Bonchev–Trinajstić information content (AvgIpc) is 2.29. The lowest BCUT2D eigenvalue weighted by atomic mass is 10.2. The second kappa shape index (κ2) is 5.49. The largest absolute Gasteiger partial charge is 0.466 e. The standard InChI is InChI=1S/C11H12O5S/c1-9-3-5-10(6-4-9)17(13,14)16-8-7-11(12)15-2/h3-8H,1-2H3. The van der Waals surface area contributed by atoms with E-state index in [0.29, 0.717) is 0 Å². The average molecular weight is 256 g/mol. The first-order chi connectivity index (χ1) is 7.95. The van der Waals surface area contributed by atoms with Gasteiger partial charge in [-0.3, -0.25) is 0 Å². The van der Waals surface area contributed by atoms with Crippen LogP contribution in [0.3, 0.4) is 0 Å². The number of benzene rings is 1. The van der Waals surface area contributed by atoms with Crippen molar-refractivity contribution >= 4 is 16.1 Å². The van der Waals surface area contributed by atoms with Crippen molar-refractivity contribution in [2.24, 2.45) is 0 Å². The molecular weight excluding hydrogens is 244 g/mol. The Morgan fingerprint density at radius 1 is 1.24 bits per heavy atom. The van der Waals surface area contributed by atoms with Gasteiger partial charge in [0.25, 0.3) is 0 Å². The maximum Gasteiger partial charge on any atom is 0.338 e. The highest BCUT2D eigenvalue weighted by atomic mass is 32.2. The normalized spacial score (nSPS) is 11.4. The Kier molecular flexibility index (Phi) is 4.28. The number of methoxy groups -OCH3 is 1. The first-order valence-electron chi connectivity index (χ1n) is 4.70. The molecule has 0 aliphatic carbocycles. The van der Waals surface area contributed by atoms with Crippen LogP contribution in [0.2, 0.25) is 0 Å². The molecule has 5 nitrogen and oxygen atoms in total. The number of esters is 1. The van der Waals surface area contributed by atoms with Crippen LogP contribution in [0.25, 0.3) is 0 Å². The van der Waals surface area contributed by atoms with E-state index in [4.69, 9.17) is 0 Å². The molecule has 0 aromatic heterocycles. The van der Waals surface area contributed by atoms with Crippen LogP contribution < -0.4 is 0 Å². The zero-order valence-corrected chi connectivity index (χ0v) is 10.2. The van der Waals surface area contributed by atoms with Gasteiger partial charge >= 0.3 is 16.1 Å². The van der Waals surface area contributed by atoms with Gasteiger partial charge in [0.1, 0.15) is 11.2 Å². The summed E-state index contributed by atoms with van der Waals surface area (Å²) in [6.07, 6.45) is 1.66. The Bertz CT molecular complexity index is 513. The summed E-state index contributed by atoms with van der Waals surface area (Å²) in [6.45, 7) is 1.84. The Morgan fingerprint density at radius 3 is 2.35 bits per heavy atom. The van der Waals surface area contributed by atoms with Gasteiger partial charge in [0.15, 0.2) is 0 Å². The molecule has 0 saturated carbocycles. The third-order valence-electron chi connectivity index (χ3n) is 1.90. The maximum atomic E-state index is 11.6. The highest BCUT2D eigenvalue weighted by molar-refractivity contribution is 7.86. The molecule has 0 N–H and O–H groups in total. The fourth-order valence-electron chi connectivity index (χ4n) is 0.985. The van der Waals surface area contributed by atoms with Gasteiger partial charge in [0, 0.05) is 0 Å². The van der Waals surface area contributed by atoms with Crippen molar-refractivity contribution in [3.63, 3.8) is 0 Å².